The molecule has 0 radical (unpaired) electrons. The van der Waals surface area contributed by atoms with Crippen LogP contribution in [-0.4, -0.2) is 27.8 Å². The molecule has 0 aromatic rings. The molecule has 1 fully saturated rings. The highest BCUT2D eigenvalue weighted by atomic mass is 32.2. The highest BCUT2D eigenvalue weighted by Gasteiger charge is 2.35. The van der Waals surface area contributed by atoms with Crippen LogP contribution in [0.25, 0.3) is 0 Å². The third-order valence-corrected chi connectivity index (χ3v) is 5.85. The molecular formula is C14H29NOS. The van der Waals surface area contributed by atoms with Crippen molar-refractivity contribution in [2.45, 2.75) is 64.7 Å². The van der Waals surface area contributed by atoms with E-state index < -0.39 is 10.8 Å². The minimum absolute atomic E-state index is 0.433. The van der Waals surface area contributed by atoms with Crippen molar-refractivity contribution in [3.8, 4) is 0 Å². The normalized spacial score (nSPS) is 31.0. The molecule has 4 unspecified atom stereocenters. The second-order valence-corrected chi connectivity index (χ2v) is 7.58. The first kappa shape index (κ1) is 15.2. The van der Waals surface area contributed by atoms with E-state index in [1.54, 1.807) is 0 Å². The molecule has 17 heavy (non-hydrogen) atoms. The van der Waals surface area contributed by atoms with Gasteiger partial charge < -0.3 is 5.32 Å². The first-order valence-corrected chi connectivity index (χ1v) is 8.55. The molecule has 1 aliphatic rings. The van der Waals surface area contributed by atoms with Crippen molar-refractivity contribution in [2.75, 3.05) is 12.3 Å². The number of nitrogens with one attached hydrogen (secondary N) is 1. The van der Waals surface area contributed by atoms with Gasteiger partial charge in [-0.1, -0.05) is 27.7 Å². The van der Waals surface area contributed by atoms with Gasteiger partial charge in [0.1, 0.15) is 0 Å². The maximum Gasteiger partial charge on any atom is 0.0388 e. The summed E-state index contributed by atoms with van der Waals surface area (Å²) in [6, 6.07) is 0.600. The first-order valence-electron chi connectivity index (χ1n) is 7.16. The summed E-state index contributed by atoms with van der Waals surface area (Å²) in [5.41, 5.74) is 0. The van der Waals surface area contributed by atoms with Crippen molar-refractivity contribution in [3.63, 3.8) is 0 Å². The summed E-state index contributed by atoms with van der Waals surface area (Å²) in [6.07, 6.45) is 4.64. The molecule has 0 amide bonds. The highest BCUT2D eigenvalue weighted by molar-refractivity contribution is 7.85. The topological polar surface area (TPSA) is 29.1 Å². The van der Waals surface area contributed by atoms with Crippen molar-refractivity contribution < 1.29 is 4.21 Å². The number of hydrogen-bond donors (Lipinski definition) is 1. The molecule has 3 heteroatoms. The van der Waals surface area contributed by atoms with Gasteiger partial charge in [-0.3, -0.25) is 4.21 Å². The lowest BCUT2D eigenvalue weighted by atomic mass is 10.1. The molecule has 1 saturated carbocycles. The van der Waals surface area contributed by atoms with E-state index in [4.69, 9.17) is 0 Å². The van der Waals surface area contributed by atoms with Gasteiger partial charge in [-0.05, 0) is 44.1 Å². The van der Waals surface area contributed by atoms with E-state index in [2.05, 4.69) is 33.0 Å². The largest absolute Gasteiger partial charge is 0.314 e. The summed E-state index contributed by atoms with van der Waals surface area (Å²) in [5, 5.41) is 4.03. The molecule has 1 N–H and O–H groups in total. The molecule has 102 valence electrons. The van der Waals surface area contributed by atoms with Gasteiger partial charge >= 0.3 is 0 Å². The molecule has 0 aromatic carbocycles. The number of rotatable bonds is 7. The highest BCUT2D eigenvalue weighted by Crippen LogP contribution is 2.30. The molecule has 0 aromatic heterocycles. The Morgan fingerprint density at radius 1 is 1.35 bits per heavy atom. The third kappa shape index (κ3) is 4.70. The van der Waals surface area contributed by atoms with Crippen LogP contribution < -0.4 is 5.32 Å². The number of hydrogen-bond acceptors (Lipinski definition) is 2. The fourth-order valence-electron chi connectivity index (χ4n) is 2.62. The smallest absolute Gasteiger partial charge is 0.0388 e. The molecule has 0 aliphatic heterocycles. The van der Waals surface area contributed by atoms with Crippen LogP contribution in [0.2, 0.25) is 0 Å². The van der Waals surface area contributed by atoms with Gasteiger partial charge in [0.25, 0.3) is 0 Å². The Bertz CT molecular complexity index is 242. The minimum atomic E-state index is -0.612. The molecule has 2 nitrogen and oxygen atoms in total. The van der Waals surface area contributed by atoms with Crippen LogP contribution >= 0.6 is 0 Å². The van der Waals surface area contributed by atoms with Crippen LogP contribution in [0.1, 0.15) is 53.4 Å². The van der Waals surface area contributed by atoms with E-state index in [9.17, 15) is 4.21 Å². The minimum Gasteiger partial charge on any atom is -0.314 e. The van der Waals surface area contributed by atoms with Gasteiger partial charge in [0.15, 0.2) is 0 Å². The van der Waals surface area contributed by atoms with Crippen LogP contribution in [-0.2, 0) is 10.8 Å². The maximum absolute atomic E-state index is 12.3. The van der Waals surface area contributed by atoms with Gasteiger partial charge in [0, 0.05) is 27.8 Å². The molecule has 0 spiro atoms. The average Bonchev–Trinajstić information content (AvgIpc) is 2.65. The van der Waals surface area contributed by atoms with Crippen LogP contribution in [0.15, 0.2) is 0 Å². The van der Waals surface area contributed by atoms with E-state index in [1.807, 2.05) is 0 Å². The fraction of sp³-hybridized carbons (Fsp3) is 1.00. The zero-order valence-corrected chi connectivity index (χ0v) is 12.7. The van der Waals surface area contributed by atoms with E-state index in [0.717, 1.165) is 25.1 Å². The van der Waals surface area contributed by atoms with Crippen LogP contribution in [0, 0.1) is 11.8 Å². The molecule has 1 rings (SSSR count). The van der Waals surface area contributed by atoms with Gasteiger partial charge in [0.2, 0.25) is 0 Å². The molecule has 1 aliphatic carbocycles. The second-order valence-electron chi connectivity index (χ2n) is 5.80. The standard InChI is InChI=1S/C14H29NOS/c1-5-9-15-13-6-7-14(12(13)4)17(16)10-8-11(2)3/h11-15H,5-10H2,1-4H3. The van der Waals surface area contributed by atoms with Gasteiger partial charge in [-0.15, -0.1) is 0 Å². The Balaban J connectivity index is 2.37. The van der Waals surface area contributed by atoms with Gasteiger partial charge in [0.05, 0.1) is 0 Å². The van der Waals surface area contributed by atoms with Gasteiger partial charge in [-0.2, -0.15) is 0 Å². The Hall–Kier alpha value is 0.110. The van der Waals surface area contributed by atoms with Crippen molar-refractivity contribution in [2.24, 2.45) is 11.8 Å². The molecule has 0 heterocycles. The Kier molecular flexibility index (Phi) is 6.71. The van der Waals surface area contributed by atoms with E-state index >= 15 is 0 Å². The van der Waals surface area contributed by atoms with Crippen molar-refractivity contribution in [3.05, 3.63) is 0 Å². The summed E-state index contributed by atoms with van der Waals surface area (Å²) in [5.74, 6) is 2.15. The molecule has 0 bridgehead atoms. The van der Waals surface area contributed by atoms with E-state index in [-0.39, 0.29) is 0 Å². The Morgan fingerprint density at radius 2 is 2.06 bits per heavy atom. The second kappa shape index (κ2) is 7.52. The molecule has 0 saturated heterocycles. The first-order chi connectivity index (χ1) is 8.06. The van der Waals surface area contributed by atoms with Gasteiger partial charge in [-0.25, -0.2) is 0 Å². The third-order valence-electron chi connectivity index (χ3n) is 3.87. The Morgan fingerprint density at radius 3 is 2.65 bits per heavy atom. The summed E-state index contributed by atoms with van der Waals surface area (Å²) in [7, 11) is -0.612. The maximum atomic E-state index is 12.3. The summed E-state index contributed by atoms with van der Waals surface area (Å²) in [6.45, 7) is 9.99. The zero-order valence-electron chi connectivity index (χ0n) is 11.9. The molecule has 4 atom stereocenters. The van der Waals surface area contributed by atoms with E-state index in [0.29, 0.717) is 23.1 Å². The monoisotopic (exact) mass is 259 g/mol. The lowest BCUT2D eigenvalue weighted by molar-refractivity contribution is 0.429. The van der Waals surface area contributed by atoms with Crippen molar-refractivity contribution >= 4 is 10.8 Å². The lowest BCUT2D eigenvalue weighted by Crippen LogP contribution is -2.35. The van der Waals surface area contributed by atoms with Crippen LogP contribution in [0.4, 0.5) is 0 Å². The predicted octanol–water partition coefficient (Wildman–Crippen LogP) is 2.95. The summed E-state index contributed by atoms with van der Waals surface area (Å²) >= 11 is 0. The summed E-state index contributed by atoms with van der Waals surface area (Å²) < 4.78 is 12.3. The van der Waals surface area contributed by atoms with E-state index in [1.165, 1.54) is 12.8 Å². The Labute approximate surface area is 109 Å². The lowest BCUT2D eigenvalue weighted by Gasteiger charge is -2.21. The van der Waals surface area contributed by atoms with Crippen molar-refractivity contribution in [1.82, 2.24) is 5.32 Å². The zero-order chi connectivity index (χ0) is 12.8. The molecular weight excluding hydrogens is 230 g/mol. The van der Waals surface area contributed by atoms with Crippen molar-refractivity contribution in [1.29, 1.82) is 0 Å². The quantitative estimate of drug-likeness (QED) is 0.761. The fourth-order valence-corrected chi connectivity index (χ4v) is 4.69. The SMILES string of the molecule is CCCNC1CCC(S(=O)CCC(C)C)C1C. The average molecular weight is 259 g/mol. The summed E-state index contributed by atoms with van der Waals surface area (Å²) in [4.78, 5) is 0. The van der Waals surface area contributed by atoms with Crippen LogP contribution in [0.5, 0.6) is 0 Å². The predicted molar refractivity (Wildman–Crippen MR) is 76.7 cm³/mol. The van der Waals surface area contributed by atoms with Crippen LogP contribution in [0.3, 0.4) is 0 Å².